The van der Waals surface area contributed by atoms with E-state index in [1.807, 2.05) is 146 Å². The summed E-state index contributed by atoms with van der Waals surface area (Å²) in [5, 5.41) is 11.9. The van der Waals surface area contributed by atoms with Crippen LogP contribution in [-0.2, 0) is 0 Å². The van der Waals surface area contributed by atoms with Crippen LogP contribution in [0.25, 0.3) is 107 Å². The third-order valence-electron chi connectivity index (χ3n) is 11.1. The van der Waals surface area contributed by atoms with Gasteiger partial charge in [-0.25, -0.2) is 29.9 Å². The third-order valence-corrected chi connectivity index (χ3v) is 11.1. The average Bonchev–Trinajstić information content (AvgIpc) is 3.70. The molecule has 11 rings (SSSR count). The van der Waals surface area contributed by atoms with Crippen molar-refractivity contribution in [3.63, 3.8) is 0 Å². The molecule has 0 unspecified atom stereocenters. The maximum absolute atomic E-state index is 9.76. The molecule has 0 bridgehead atoms. The van der Waals surface area contributed by atoms with Gasteiger partial charge in [0.25, 0.3) is 0 Å². The molecule has 0 saturated heterocycles. The normalized spacial score (nSPS) is 11.2. The number of fused-ring (bicyclic) bond motifs is 3. The summed E-state index contributed by atoms with van der Waals surface area (Å²) >= 11 is 0. The minimum atomic E-state index is 0.490. The Labute approximate surface area is 363 Å². The largest absolute Gasteiger partial charge is 0.308 e. The Morgan fingerprint density at radius 1 is 0.317 bits per heavy atom. The van der Waals surface area contributed by atoms with Gasteiger partial charge in [0.1, 0.15) is 0 Å². The molecule has 0 aliphatic heterocycles. The maximum Gasteiger partial charge on any atom is 0.166 e. The van der Waals surface area contributed by atoms with Crippen molar-refractivity contribution in [2.45, 2.75) is 0 Å². The second-order valence-electron chi connectivity index (χ2n) is 15.1. The number of aromatic nitrogens is 7. The van der Waals surface area contributed by atoms with Gasteiger partial charge in [-0.3, -0.25) is 0 Å². The molecular formula is C55H34N8. The molecule has 0 aliphatic carbocycles. The zero-order valence-corrected chi connectivity index (χ0v) is 33.7. The highest BCUT2D eigenvalue weighted by Crippen LogP contribution is 2.40. The Morgan fingerprint density at radius 3 is 1.29 bits per heavy atom. The molecule has 0 aliphatic rings. The van der Waals surface area contributed by atoms with Crippen molar-refractivity contribution in [1.82, 2.24) is 34.5 Å². The second-order valence-corrected chi connectivity index (χ2v) is 15.1. The summed E-state index contributed by atoms with van der Waals surface area (Å²) in [6.45, 7) is 0. The van der Waals surface area contributed by atoms with Crippen LogP contribution in [0.2, 0.25) is 0 Å². The molecule has 63 heavy (non-hydrogen) atoms. The van der Waals surface area contributed by atoms with E-state index in [0.717, 1.165) is 72.0 Å². The number of rotatable bonds is 8. The van der Waals surface area contributed by atoms with Crippen LogP contribution in [0.15, 0.2) is 206 Å². The van der Waals surface area contributed by atoms with Gasteiger partial charge in [-0.1, -0.05) is 164 Å². The van der Waals surface area contributed by atoms with Crippen LogP contribution < -0.4 is 0 Å². The van der Waals surface area contributed by atoms with E-state index in [1.54, 1.807) is 0 Å². The minimum Gasteiger partial charge on any atom is -0.308 e. The molecule has 0 radical (unpaired) electrons. The summed E-state index contributed by atoms with van der Waals surface area (Å²) in [6.07, 6.45) is 0. The summed E-state index contributed by atoms with van der Waals surface area (Å²) in [6, 6.07) is 71.2. The average molecular weight is 807 g/mol. The van der Waals surface area contributed by atoms with Gasteiger partial charge in [0.2, 0.25) is 0 Å². The van der Waals surface area contributed by atoms with E-state index in [4.69, 9.17) is 29.9 Å². The van der Waals surface area contributed by atoms with Crippen LogP contribution in [0.1, 0.15) is 5.56 Å². The standard InChI is InChI=1S/C55H34N8/c56-35-36-16-15-25-41(32-36)42-28-30-45-44-26-13-14-27-47(44)63(49(45)34-42)48-31-29-43(54-59-50(37-17-5-1-6-18-37)57-51(60-54)38-19-7-2-8-20-38)33-46(48)55-61-52(39-21-9-3-10-22-39)58-53(62-55)40-23-11-4-12-24-40/h1-34H. The van der Waals surface area contributed by atoms with Gasteiger partial charge in [-0.2, -0.15) is 5.26 Å². The van der Waals surface area contributed by atoms with Crippen LogP contribution in [0.3, 0.4) is 0 Å². The molecule has 8 aromatic carbocycles. The zero-order valence-electron chi connectivity index (χ0n) is 33.7. The van der Waals surface area contributed by atoms with E-state index >= 15 is 0 Å². The van der Waals surface area contributed by atoms with Crippen LogP contribution >= 0.6 is 0 Å². The second kappa shape index (κ2) is 15.9. The SMILES string of the molecule is N#Cc1cccc(-c2ccc3c4ccccc4n(-c4ccc(-c5nc(-c6ccccc6)nc(-c6ccccc6)n5)cc4-c4nc(-c5ccccc5)nc(-c5ccccc5)n4)c3c2)c1. The van der Waals surface area contributed by atoms with E-state index in [2.05, 4.69) is 71.3 Å². The van der Waals surface area contributed by atoms with E-state index in [1.165, 1.54) is 0 Å². The summed E-state index contributed by atoms with van der Waals surface area (Å²) in [7, 11) is 0. The number of para-hydroxylation sites is 1. The predicted molar refractivity (Wildman–Crippen MR) is 250 cm³/mol. The van der Waals surface area contributed by atoms with E-state index < -0.39 is 0 Å². The lowest BCUT2D eigenvalue weighted by atomic mass is 10.0. The van der Waals surface area contributed by atoms with Gasteiger partial charge >= 0.3 is 0 Å². The Balaban J connectivity index is 1.21. The zero-order chi connectivity index (χ0) is 42.1. The first-order valence-corrected chi connectivity index (χ1v) is 20.6. The topological polar surface area (TPSA) is 106 Å². The van der Waals surface area contributed by atoms with Crippen molar-refractivity contribution < 1.29 is 0 Å². The Hall–Kier alpha value is -8.93. The fourth-order valence-corrected chi connectivity index (χ4v) is 8.09. The first-order valence-electron chi connectivity index (χ1n) is 20.6. The molecule has 0 atom stereocenters. The Bertz CT molecular complexity index is 3390. The highest BCUT2D eigenvalue weighted by Gasteiger charge is 2.22. The molecule has 3 heterocycles. The van der Waals surface area contributed by atoms with Crippen molar-refractivity contribution in [3.8, 4) is 91.2 Å². The van der Waals surface area contributed by atoms with Crippen LogP contribution in [0.4, 0.5) is 0 Å². The summed E-state index contributed by atoms with van der Waals surface area (Å²) in [4.78, 5) is 30.7. The molecule has 0 saturated carbocycles. The summed E-state index contributed by atoms with van der Waals surface area (Å²) in [5.41, 5.74) is 10.4. The van der Waals surface area contributed by atoms with Crippen LogP contribution in [-0.4, -0.2) is 34.5 Å². The Morgan fingerprint density at radius 2 is 0.746 bits per heavy atom. The number of hydrogen-bond acceptors (Lipinski definition) is 7. The molecule has 8 heteroatoms. The van der Waals surface area contributed by atoms with Gasteiger partial charge in [-0.05, 0) is 53.6 Å². The lowest BCUT2D eigenvalue weighted by molar-refractivity contribution is 1.06. The van der Waals surface area contributed by atoms with Crippen LogP contribution in [0.5, 0.6) is 0 Å². The maximum atomic E-state index is 9.76. The lowest BCUT2D eigenvalue weighted by Gasteiger charge is -2.16. The molecular weight excluding hydrogens is 773 g/mol. The Kier molecular flexibility index (Phi) is 9.37. The molecule has 0 N–H and O–H groups in total. The molecule has 0 fully saturated rings. The molecule has 294 valence electrons. The van der Waals surface area contributed by atoms with Gasteiger partial charge in [0.05, 0.1) is 28.4 Å². The van der Waals surface area contributed by atoms with Crippen molar-refractivity contribution in [3.05, 3.63) is 212 Å². The fraction of sp³-hybridized carbons (Fsp3) is 0. The molecule has 0 amide bonds. The smallest absolute Gasteiger partial charge is 0.166 e. The molecule has 8 nitrogen and oxygen atoms in total. The van der Waals surface area contributed by atoms with E-state index in [-0.39, 0.29) is 0 Å². The first kappa shape index (κ1) is 37.1. The van der Waals surface area contributed by atoms with Gasteiger partial charge in [0.15, 0.2) is 34.9 Å². The van der Waals surface area contributed by atoms with Crippen molar-refractivity contribution in [2.24, 2.45) is 0 Å². The highest BCUT2D eigenvalue weighted by molar-refractivity contribution is 6.10. The number of benzene rings is 8. The number of hydrogen-bond donors (Lipinski definition) is 0. The fourth-order valence-electron chi connectivity index (χ4n) is 8.09. The molecule has 11 aromatic rings. The summed E-state index contributed by atoms with van der Waals surface area (Å²) < 4.78 is 2.29. The molecule has 0 spiro atoms. The highest BCUT2D eigenvalue weighted by atomic mass is 15.1. The number of nitrogens with zero attached hydrogens (tertiary/aromatic N) is 8. The third kappa shape index (κ3) is 7.05. The molecule has 3 aromatic heterocycles. The van der Waals surface area contributed by atoms with Crippen molar-refractivity contribution in [1.29, 1.82) is 5.26 Å². The quantitative estimate of drug-likeness (QED) is 0.150. The lowest BCUT2D eigenvalue weighted by Crippen LogP contribution is -2.05. The van der Waals surface area contributed by atoms with Gasteiger partial charge in [-0.15, -0.1) is 0 Å². The minimum absolute atomic E-state index is 0.490. The number of nitriles is 1. The van der Waals surface area contributed by atoms with Crippen molar-refractivity contribution in [2.75, 3.05) is 0 Å². The predicted octanol–water partition coefficient (Wildman–Crippen LogP) is 12.7. The van der Waals surface area contributed by atoms with Crippen LogP contribution in [0, 0.1) is 11.3 Å². The summed E-state index contributed by atoms with van der Waals surface area (Å²) in [5.74, 6) is 3.24. The van der Waals surface area contributed by atoms with E-state index in [0.29, 0.717) is 40.5 Å². The van der Waals surface area contributed by atoms with Gasteiger partial charge < -0.3 is 4.57 Å². The van der Waals surface area contributed by atoms with Crippen molar-refractivity contribution >= 4 is 21.8 Å². The first-order chi connectivity index (χ1) is 31.2. The monoisotopic (exact) mass is 806 g/mol. The van der Waals surface area contributed by atoms with Gasteiger partial charge in [0, 0.05) is 44.2 Å². The van der Waals surface area contributed by atoms with E-state index in [9.17, 15) is 5.26 Å².